The second-order valence-corrected chi connectivity index (χ2v) is 7.29. The van der Waals surface area contributed by atoms with Crippen LogP contribution in [-0.4, -0.2) is 41.8 Å². The van der Waals surface area contributed by atoms with Crippen molar-refractivity contribution in [1.82, 2.24) is 15.2 Å². The molecule has 3 rings (SSSR count). The Bertz CT molecular complexity index is 989. The van der Waals surface area contributed by atoms with E-state index in [9.17, 15) is 8.78 Å². The zero-order valence-electron chi connectivity index (χ0n) is 16.6. The summed E-state index contributed by atoms with van der Waals surface area (Å²) in [5.41, 5.74) is 3.51. The molecule has 154 valence electrons. The number of aromatic amines is 1. The first-order valence-corrected chi connectivity index (χ1v) is 9.92. The van der Waals surface area contributed by atoms with Crippen molar-refractivity contribution in [2.24, 2.45) is 0 Å². The molecule has 29 heavy (non-hydrogen) atoms. The Morgan fingerprint density at radius 2 is 2.00 bits per heavy atom. The van der Waals surface area contributed by atoms with E-state index in [1.54, 1.807) is 31.4 Å². The van der Waals surface area contributed by atoms with E-state index in [4.69, 9.17) is 17.0 Å². The summed E-state index contributed by atoms with van der Waals surface area (Å²) < 4.78 is 33.0. The molecule has 2 aromatic carbocycles. The van der Waals surface area contributed by atoms with Crippen LogP contribution in [0.2, 0.25) is 0 Å². The van der Waals surface area contributed by atoms with Crippen LogP contribution in [-0.2, 0) is 17.7 Å². The molecule has 0 spiro atoms. The van der Waals surface area contributed by atoms with Gasteiger partial charge in [0, 0.05) is 48.9 Å². The summed E-state index contributed by atoms with van der Waals surface area (Å²) in [7, 11) is 1.63. The number of rotatable bonds is 8. The molecule has 1 aromatic heterocycles. The fraction of sp³-hybridized carbons (Fsp3) is 0.318. The third-order valence-corrected chi connectivity index (χ3v) is 5.30. The van der Waals surface area contributed by atoms with Gasteiger partial charge in [0.05, 0.1) is 6.61 Å². The Morgan fingerprint density at radius 3 is 2.76 bits per heavy atom. The van der Waals surface area contributed by atoms with Crippen molar-refractivity contribution in [2.75, 3.05) is 26.8 Å². The van der Waals surface area contributed by atoms with Crippen LogP contribution in [0.25, 0.3) is 10.9 Å². The van der Waals surface area contributed by atoms with Crippen LogP contribution >= 0.6 is 12.2 Å². The van der Waals surface area contributed by atoms with E-state index in [0.29, 0.717) is 43.3 Å². The minimum Gasteiger partial charge on any atom is -0.383 e. The molecule has 0 saturated carbocycles. The van der Waals surface area contributed by atoms with E-state index in [1.165, 1.54) is 12.1 Å². The topological polar surface area (TPSA) is 40.3 Å². The number of methoxy groups -OCH3 is 1. The number of nitrogens with zero attached hydrogens (tertiary/aromatic N) is 1. The van der Waals surface area contributed by atoms with Gasteiger partial charge in [-0.25, -0.2) is 8.78 Å². The fourth-order valence-electron chi connectivity index (χ4n) is 3.38. The van der Waals surface area contributed by atoms with E-state index in [1.807, 2.05) is 17.9 Å². The molecule has 0 amide bonds. The SMILES string of the molecule is COCCNC(=S)N(CCc1c(C)[nH]c2ccc(F)cc12)Cc1ccccc1F. The average Bonchev–Trinajstić information content (AvgIpc) is 3.01. The van der Waals surface area contributed by atoms with Gasteiger partial charge < -0.3 is 19.9 Å². The molecule has 0 atom stereocenters. The molecular formula is C22H25F2N3OS. The molecule has 0 bridgehead atoms. The van der Waals surface area contributed by atoms with Crippen LogP contribution in [0.3, 0.4) is 0 Å². The molecule has 2 N–H and O–H groups in total. The summed E-state index contributed by atoms with van der Waals surface area (Å²) in [6.07, 6.45) is 0.649. The lowest BCUT2D eigenvalue weighted by atomic mass is 10.1. The first-order valence-electron chi connectivity index (χ1n) is 9.51. The smallest absolute Gasteiger partial charge is 0.169 e. The van der Waals surface area contributed by atoms with Gasteiger partial charge in [0.15, 0.2) is 5.11 Å². The third kappa shape index (κ3) is 5.31. The number of benzene rings is 2. The van der Waals surface area contributed by atoms with Crippen LogP contribution in [0.1, 0.15) is 16.8 Å². The largest absolute Gasteiger partial charge is 0.383 e. The Balaban J connectivity index is 1.79. The zero-order valence-corrected chi connectivity index (χ0v) is 17.4. The van der Waals surface area contributed by atoms with Crippen molar-refractivity contribution >= 4 is 28.2 Å². The number of halogens is 2. The Kier molecular flexibility index (Phi) is 7.17. The maximum atomic E-state index is 14.2. The van der Waals surface area contributed by atoms with E-state index >= 15 is 0 Å². The third-order valence-electron chi connectivity index (χ3n) is 4.90. The molecule has 0 aliphatic carbocycles. The van der Waals surface area contributed by atoms with Gasteiger partial charge in [-0.3, -0.25) is 0 Å². The summed E-state index contributed by atoms with van der Waals surface area (Å²) in [6, 6.07) is 11.4. The Morgan fingerprint density at radius 1 is 1.21 bits per heavy atom. The monoisotopic (exact) mass is 417 g/mol. The van der Waals surface area contributed by atoms with E-state index < -0.39 is 0 Å². The number of aryl methyl sites for hydroxylation is 1. The van der Waals surface area contributed by atoms with Gasteiger partial charge in [-0.05, 0) is 55.4 Å². The lowest BCUT2D eigenvalue weighted by Crippen LogP contribution is -2.41. The molecule has 0 radical (unpaired) electrons. The lowest BCUT2D eigenvalue weighted by molar-refractivity contribution is 0.203. The van der Waals surface area contributed by atoms with E-state index in [2.05, 4.69) is 10.3 Å². The summed E-state index contributed by atoms with van der Waals surface area (Å²) in [5.74, 6) is -0.528. The molecule has 7 heteroatoms. The molecule has 0 fully saturated rings. The van der Waals surface area contributed by atoms with Crippen molar-refractivity contribution in [3.05, 3.63) is 70.9 Å². The van der Waals surface area contributed by atoms with Crippen molar-refractivity contribution in [3.8, 4) is 0 Å². The van der Waals surface area contributed by atoms with Crippen molar-refractivity contribution < 1.29 is 13.5 Å². The number of nitrogens with one attached hydrogen (secondary N) is 2. The Hall–Kier alpha value is -2.51. The molecule has 1 heterocycles. The predicted octanol–water partition coefficient (Wildman–Crippen LogP) is 4.32. The van der Waals surface area contributed by atoms with Gasteiger partial charge in [-0.2, -0.15) is 0 Å². The van der Waals surface area contributed by atoms with Gasteiger partial charge in [0.2, 0.25) is 0 Å². The lowest BCUT2D eigenvalue weighted by Gasteiger charge is -2.26. The van der Waals surface area contributed by atoms with Crippen LogP contribution in [0.5, 0.6) is 0 Å². The number of fused-ring (bicyclic) bond motifs is 1. The van der Waals surface area contributed by atoms with Crippen molar-refractivity contribution in [2.45, 2.75) is 19.9 Å². The Labute approximate surface area is 174 Å². The quantitative estimate of drug-likeness (QED) is 0.423. The number of hydrogen-bond donors (Lipinski definition) is 2. The van der Waals surface area contributed by atoms with Gasteiger partial charge >= 0.3 is 0 Å². The van der Waals surface area contributed by atoms with Gasteiger partial charge in [-0.15, -0.1) is 0 Å². The molecule has 0 aliphatic heterocycles. The number of aromatic nitrogens is 1. The molecule has 3 aromatic rings. The first kappa shape index (κ1) is 21.2. The standard InChI is InChI=1S/C22H25F2N3OS/c1-15-18(19-13-17(23)7-8-21(19)26-15)9-11-27(22(29)25-10-12-28-2)14-16-5-3-4-6-20(16)24/h3-8,13,26H,9-12,14H2,1-2H3,(H,25,29). The number of thiocarbonyl (C=S) groups is 1. The zero-order chi connectivity index (χ0) is 20.8. The maximum Gasteiger partial charge on any atom is 0.169 e. The molecule has 0 unspecified atom stereocenters. The second-order valence-electron chi connectivity index (χ2n) is 6.91. The van der Waals surface area contributed by atoms with E-state index in [-0.39, 0.29) is 11.6 Å². The van der Waals surface area contributed by atoms with Crippen LogP contribution in [0, 0.1) is 18.6 Å². The van der Waals surface area contributed by atoms with Gasteiger partial charge in [0.1, 0.15) is 11.6 Å². The second kappa shape index (κ2) is 9.80. The summed E-state index contributed by atoms with van der Waals surface area (Å²) >= 11 is 5.54. The molecule has 0 aliphatic rings. The number of ether oxygens (including phenoxy) is 1. The predicted molar refractivity (Wildman–Crippen MR) is 116 cm³/mol. The fourth-order valence-corrected chi connectivity index (χ4v) is 3.64. The highest BCUT2D eigenvalue weighted by molar-refractivity contribution is 7.80. The van der Waals surface area contributed by atoms with Crippen molar-refractivity contribution in [1.29, 1.82) is 0 Å². The summed E-state index contributed by atoms with van der Waals surface area (Å²) in [5, 5.41) is 4.56. The number of hydrogen-bond acceptors (Lipinski definition) is 2. The molecule has 0 saturated heterocycles. The van der Waals surface area contributed by atoms with Crippen LogP contribution in [0.4, 0.5) is 8.78 Å². The maximum absolute atomic E-state index is 14.2. The average molecular weight is 418 g/mol. The summed E-state index contributed by atoms with van der Waals surface area (Å²) in [6.45, 7) is 3.98. The molecule has 4 nitrogen and oxygen atoms in total. The normalized spacial score (nSPS) is 11.0. The van der Waals surface area contributed by atoms with Gasteiger partial charge in [-0.1, -0.05) is 18.2 Å². The van der Waals surface area contributed by atoms with Crippen LogP contribution < -0.4 is 5.32 Å². The molecular weight excluding hydrogens is 392 g/mol. The van der Waals surface area contributed by atoms with Gasteiger partial charge in [0.25, 0.3) is 0 Å². The van der Waals surface area contributed by atoms with Crippen molar-refractivity contribution in [3.63, 3.8) is 0 Å². The highest BCUT2D eigenvalue weighted by Crippen LogP contribution is 2.24. The van der Waals surface area contributed by atoms with E-state index in [0.717, 1.165) is 22.2 Å². The highest BCUT2D eigenvalue weighted by atomic mass is 32.1. The highest BCUT2D eigenvalue weighted by Gasteiger charge is 2.15. The number of H-pyrrole nitrogens is 1. The first-order chi connectivity index (χ1) is 14.0. The summed E-state index contributed by atoms with van der Waals surface area (Å²) in [4.78, 5) is 5.23. The van der Waals surface area contributed by atoms with Crippen LogP contribution in [0.15, 0.2) is 42.5 Å². The minimum atomic E-state index is -0.266. The minimum absolute atomic E-state index is 0.262.